The lowest BCUT2D eigenvalue weighted by atomic mass is 10.2. The number of ether oxygens (including phenoxy) is 2. The zero-order chi connectivity index (χ0) is 11.3. The van der Waals surface area contributed by atoms with E-state index >= 15 is 0 Å². The number of rotatable bonds is 5. The molecule has 0 aromatic heterocycles. The lowest BCUT2D eigenvalue weighted by Crippen LogP contribution is -2.35. The maximum absolute atomic E-state index is 11.4. The minimum absolute atomic E-state index is 0.00884. The number of nitrogens with two attached hydrogens (primary N) is 1. The predicted octanol–water partition coefficient (Wildman–Crippen LogP) is -0.402. The quantitative estimate of drug-likeness (QED) is 0.679. The summed E-state index contributed by atoms with van der Waals surface area (Å²) in [5.74, 6) is -0.0399. The molecule has 0 aromatic rings. The van der Waals surface area contributed by atoms with Gasteiger partial charge in [-0.3, -0.25) is 4.79 Å². The van der Waals surface area contributed by atoms with Crippen molar-refractivity contribution in [3.05, 3.63) is 0 Å². The molecule has 5 nitrogen and oxygen atoms in total. The van der Waals surface area contributed by atoms with E-state index in [0.717, 1.165) is 0 Å². The average Bonchev–Trinajstić information content (AvgIpc) is 2.62. The molecule has 5 heteroatoms. The molecule has 1 amide bonds. The largest absolute Gasteiger partial charge is 0.374 e. The van der Waals surface area contributed by atoms with Gasteiger partial charge in [0, 0.05) is 26.3 Å². The molecular weight excluding hydrogens is 196 g/mol. The second-order valence-corrected chi connectivity index (χ2v) is 3.49. The first-order valence-electron chi connectivity index (χ1n) is 5.43. The first-order chi connectivity index (χ1) is 7.22. The van der Waals surface area contributed by atoms with Crippen LogP contribution in [0.1, 0.15) is 13.8 Å². The van der Waals surface area contributed by atoms with Gasteiger partial charge in [0.1, 0.15) is 12.2 Å². The van der Waals surface area contributed by atoms with Crippen molar-refractivity contribution in [2.75, 3.05) is 32.8 Å². The zero-order valence-corrected chi connectivity index (χ0v) is 9.44. The van der Waals surface area contributed by atoms with E-state index in [1.54, 1.807) is 4.90 Å². The summed E-state index contributed by atoms with van der Waals surface area (Å²) in [5.41, 5.74) is 5.32. The topological polar surface area (TPSA) is 64.8 Å². The minimum atomic E-state index is -0.0399. The third-order valence-corrected chi connectivity index (χ3v) is 2.50. The van der Waals surface area contributed by atoms with E-state index in [9.17, 15) is 4.79 Å². The van der Waals surface area contributed by atoms with Gasteiger partial charge in [0.2, 0.25) is 5.91 Å². The van der Waals surface area contributed by atoms with E-state index in [-0.39, 0.29) is 24.7 Å². The van der Waals surface area contributed by atoms with Crippen molar-refractivity contribution in [2.45, 2.75) is 26.1 Å². The average molecular weight is 216 g/mol. The minimum Gasteiger partial charge on any atom is -0.374 e. The van der Waals surface area contributed by atoms with E-state index in [4.69, 9.17) is 15.2 Å². The van der Waals surface area contributed by atoms with Crippen LogP contribution in [-0.2, 0) is 14.3 Å². The molecule has 0 aromatic carbocycles. The van der Waals surface area contributed by atoms with Crippen LogP contribution in [0.25, 0.3) is 0 Å². The van der Waals surface area contributed by atoms with Crippen LogP contribution in [0.4, 0.5) is 0 Å². The van der Waals surface area contributed by atoms with E-state index in [1.165, 1.54) is 0 Å². The lowest BCUT2D eigenvalue weighted by molar-refractivity contribution is -0.129. The highest BCUT2D eigenvalue weighted by atomic mass is 16.5. The Labute approximate surface area is 90.5 Å². The van der Waals surface area contributed by atoms with E-state index in [1.807, 2.05) is 13.8 Å². The van der Waals surface area contributed by atoms with Gasteiger partial charge in [-0.15, -0.1) is 0 Å². The first kappa shape index (κ1) is 12.4. The fourth-order valence-electron chi connectivity index (χ4n) is 1.83. The SMILES string of the molecule is CCOC1CN(C(=O)CN)CC1OCC. The van der Waals surface area contributed by atoms with Crippen LogP contribution in [0.5, 0.6) is 0 Å². The molecule has 2 atom stereocenters. The molecule has 1 rings (SSSR count). The van der Waals surface area contributed by atoms with Gasteiger partial charge in [-0.05, 0) is 13.8 Å². The van der Waals surface area contributed by atoms with Crippen LogP contribution in [0.2, 0.25) is 0 Å². The molecule has 1 aliphatic rings. The Morgan fingerprint density at radius 3 is 2.07 bits per heavy atom. The van der Waals surface area contributed by atoms with Crippen molar-refractivity contribution in [1.82, 2.24) is 4.90 Å². The maximum Gasteiger partial charge on any atom is 0.236 e. The summed E-state index contributed by atoms with van der Waals surface area (Å²) in [6.07, 6.45) is -0.0177. The fraction of sp³-hybridized carbons (Fsp3) is 0.900. The highest BCUT2D eigenvalue weighted by Crippen LogP contribution is 2.16. The van der Waals surface area contributed by atoms with Crippen LogP contribution < -0.4 is 5.73 Å². The standard InChI is InChI=1S/C10H20N2O3/c1-3-14-8-6-12(10(13)5-11)7-9(8)15-4-2/h8-9H,3-7,11H2,1-2H3. The molecule has 0 radical (unpaired) electrons. The summed E-state index contributed by atoms with van der Waals surface area (Å²) < 4.78 is 11.1. The summed E-state index contributed by atoms with van der Waals surface area (Å²) in [5, 5.41) is 0. The molecule has 0 aliphatic carbocycles. The summed E-state index contributed by atoms with van der Waals surface area (Å²) in [7, 11) is 0. The molecule has 1 heterocycles. The van der Waals surface area contributed by atoms with Crippen LogP contribution in [0.3, 0.4) is 0 Å². The van der Waals surface area contributed by atoms with Crippen molar-refractivity contribution >= 4 is 5.91 Å². The van der Waals surface area contributed by atoms with Gasteiger partial charge < -0.3 is 20.1 Å². The molecule has 0 saturated carbocycles. The molecule has 2 N–H and O–H groups in total. The molecule has 15 heavy (non-hydrogen) atoms. The number of likely N-dealkylation sites (tertiary alicyclic amines) is 1. The molecule has 1 aliphatic heterocycles. The van der Waals surface area contributed by atoms with Gasteiger partial charge in [-0.2, -0.15) is 0 Å². The van der Waals surface area contributed by atoms with Crippen LogP contribution in [-0.4, -0.2) is 55.9 Å². The monoisotopic (exact) mass is 216 g/mol. The molecule has 1 fully saturated rings. The molecule has 0 spiro atoms. The van der Waals surface area contributed by atoms with E-state index in [2.05, 4.69) is 0 Å². The van der Waals surface area contributed by atoms with Crippen molar-refractivity contribution in [3.63, 3.8) is 0 Å². The van der Waals surface area contributed by atoms with Gasteiger partial charge in [0.25, 0.3) is 0 Å². The summed E-state index contributed by atoms with van der Waals surface area (Å²) in [6, 6.07) is 0. The summed E-state index contributed by atoms with van der Waals surface area (Å²) >= 11 is 0. The Balaban J connectivity index is 2.52. The number of nitrogens with zero attached hydrogens (tertiary/aromatic N) is 1. The number of carbonyl (C=O) groups is 1. The van der Waals surface area contributed by atoms with Gasteiger partial charge in [0.15, 0.2) is 0 Å². The van der Waals surface area contributed by atoms with Crippen molar-refractivity contribution < 1.29 is 14.3 Å². The van der Waals surface area contributed by atoms with E-state index in [0.29, 0.717) is 26.3 Å². The second kappa shape index (κ2) is 6.05. The normalized spacial score (nSPS) is 25.9. The summed E-state index contributed by atoms with van der Waals surface area (Å²) in [6.45, 7) is 6.39. The number of hydrogen-bond donors (Lipinski definition) is 1. The third-order valence-electron chi connectivity index (χ3n) is 2.50. The number of hydrogen-bond acceptors (Lipinski definition) is 4. The summed E-state index contributed by atoms with van der Waals surface area (Å²) in [4.78, 5) is 13.1. The van der Waals surface area contributed by atoms with Gasteiger partial charge in [-0.1, -0.05) is 0 Å². The first-order valence-corrected chi connectivity index (χ1v) is 5.43. The van der Waals surface area contributed by atoms with Gasteiger partial charge in [0.05, 0.1) is 6.54 Å². The Bertz CT molecular complexity index is 197. The van der Waals surface area contributed by atoms with Crippen molar-refractivity contribution in [1.29, 1.82) is 0 Å². The van der Waals surface area contributed by atoms with Gasteiger partial charge >= 0.3 is 0 Å². The molecular formula is C10H20N2O3. The van der Waals surface area contributed by atoms with Gasteiger partial charge in [-0.25, -0.2) is 0 Å². The Kier molecular flexibility index (Phi) is 5.01. The molecule has 1 saturated heterocycles. The molecule has 2 unspecified atom stereocenters. The highest BCUT2D eigenvalue weighted by Gasteiger charge is 2.35. The predicted molar refractivity (Wildman–Crippen MR) is 56.5 cm³/mol. The zero-order valence-electron chi connectivity index (χ0n) is 9.44. The number of amides is 1. The molecule has 0 bridgehead atoms. The van der Waals surface area contributed by atoms with Crippen LogP contribution in [0.15, 0.2) is 0 Å². The van der Waals surface area contributed by atoms with Crippen LogP contribution >= 0.6 is 0 Å². The van der Waals surface area contributed by atoms with Crippen molar-refractivity contribution in [2.24, 2.45) is 5.73 Å². The Morgan fingerprint density at radius 1 is 1.27 bits per heavy atom. The lowest BCUT2D eigenvalue weighted by Gasteiger charge is -2.17. The number of carbonyl (C=O) groups excluding carboxylic acids is 1. The second-order valence-electron chi connectivity index (χ2n) is 3.49. The van der Waals surface area contributed by atoms with Crippen molar-refractivity contribution in [3.8, 4) is 0 Å². The Morgan fingerprint density at radius 2 is 1.73 bits per heavy atom. The van der Waals surface area contributed by atoms with E-state index < -0.39 is 0 Å². The third kappa shape index (κ3) is 3.15. The smallest absolute Gasteiger partial charge is 0.236 e. The Hall–Kier alpha value is -0.650. The van der Waals surface area contributed by atoms with Crippen LogP contribution in [0, 0.1) is 0 Å². The fourth-order valence-corrected chi connectivity index (χ4v) is 1.83. The maximum atomic E-state index is 11.4. The highest BCUT2D eigenvalue weighted by molar-refractivity contribution is 5.78. The molecule has 88 valence electrons.